The van der Waals surface area contributed by atoms with Gasteiger partial charge in [-0.1, -0.05) is 6.07 Å². The normalized spacial score (nSPS) is 18.2. The van der Waals surface area contributed by atoms with E-state index in [0.29, 0.717) is 24.6 Å². The number of rotatable bonds is 6. The second-order valence-corrected chi connectivity index (χ2v) is 13.6. The van der Waals surface area contributed by atoms with E-state index in [1.54, 1.807) is 18.4 Å². The van der Waals surface area contributed by atoms with Gasteiger partial charge in [-0.25, -0.2) is 4.98 Å². The summed E-state index contributed by atoms with van der Waals surface area (Å²) in [4.78, 5) is 33.9. The maximum atomic E-state index is 13.5. The number of nitrogens with two attached hydrogens (primary N) is 1. The summed E-state index contributed by atoms with van der Waals surface area (Å²) in [6, 6.07) is 16.4. The molecule has 3 aliphatic rings. The highest BCUT2D eigenvalue weighted by atomic mass is 32.1. The van der Waals surface area contributed by atoms with Gasteiger partial charge in [-0.3, -0.25) is 9.59 Å². The van der Waals surface area contributed by atoms with Crippen LogP contribution < -0.4 is 15.8 Å². The lowest BCUT2D eigenvalue weighted by Crippen LogP contribution is -2.45. The number of benzene rings is 2. The van der Waals surface area contributed by atoms with Gasteiger partial charge in [0.2, 0.25) is 0 Å². The topological polar surface area (TPSA) is 102 Å². The van der Waals surface area contributed by atoms with Crippen molar-refractivity contribution in [1.29, 1.82) is 0 Å². The second kappa shape index (κ2) is 10.5. The number of thiophene rings is 1. The van der Waals surface area contributed by atoms with Gasteiger partial charge in [-0.2, -0.15) is 0 Å². The predicted molar refractivity (Wildman–Crippen MR) is 174 cm³/mol. The summed E-state index contributed by atoms with van der Waals surface area (Å²) in [7, 11) is 1.68. The summed E-state index contributed by atoms with van der Waals surface area (Å²) in [5.74, 6) is 1.37. The summed E-state index contributed by atoms with van der Waals surface area (Å²) in [6.07, 6.45) is 4.35. The Hall–Kier alpha value is -4.21. The van der Waals surface area contributed by atoms with Gasteiger partial charge in [-0.05, 0) is 92.1 Å². The first-order valence-corrected chi connectivity index (χ1v) is 16.3. The van der Waals surface area contributed by atoms with Crippen molar-refractivity contribution in [3.63, 3.8) is 0 Å². The van der Waals surface area contributed by atoms with Gasteiger partial charge < -0.3 is 25.3 Å². The SMILES string of the molecule is COc1cc(C(=O)N2CCC[C@@H](N)C2)cc2sc(-c3cc4ccc(-c5ccc6c(c5)CNC6=O)nc4n3CC3CC3)c(C)c12. The number of aryl methyl sites for hydroxylation is 1. The van der Waals surface area contributed by atoms with Crippen LogP contribution in [0.5, 0.6) is 5.75 Å². The van der Waals surface area contributed by atoms with Crippen molar-refractivity contribution >= 4 is 44.3 Å². The Morgan fingerprint density at radius 3 is 2.80 bits per heavy atom. The smallest absolute Gasteiger partial charge is 0.254 e. The number of nitrogens with zero attached hydrogens (tertiary/aromatic N) is 3. The van der Waals surface area contributed by atoms with Gasteiger partial charge in [0.15, 0.2) is 0 Å². The van der Waals surface area contributed by atoms with Crippen LogP contribution in [0.25, 0.3) is 42.9 Å². The Kier molecular flexibility index (Phi) is 6.50. The van der Waals surface area contributed by atoms with E-state index in [4.69, 9.17) is 15.5 Å². The molecule has 1 atom stereocenters. The first kappa shape index (κ1) is 27.3. The zero-order valence-electron chi connectivity index (χ0n) is 25.0. The number of hydrogen-bond acceptors (Lipinski definition) is 6. The van der Waals surface area contributed by atoms with Gasteiger partial charge in [0.1, 0.15) is 11.4 Å². The molecule has 44 heavy (non-hydrogen) atoms. The fourth-order valence-corrected chi connectivity index (χ4v) is 8.15. The van der Waals surface area contributed by atoms with Crippen molar-refractivity contribution < 1.29 is 14.3 Å². The number of pyridine rings is 1. The average molecular weight is 606 g/mol. The highest BCUT2D eigenvalue weighted by Gasteiger charge is 2.28. The molecule has 2 amide bonds. The Morgan fingerprint density at radius 1 is 1.14 bits per heavy atom. The average Bonchev–Trinajstić information content (AvgIpc) is 3.57. The predicted octanol–water partition coefficient (Wildman–Crippen LogP) is 6.12. The molecule has 8 nitrogen and oxygen atoms in total. The third-order valence-electron chi connectivity index (χ3n) is 9.40. The van der Waals surface area contributed by atoms with E-state index < -0.39 is 0 Å². The first-order chi connectivity index (χ1) is 21.4. The van der Waals surface area contributed by atoms with Crippen molar-refractivity contribution in [2.24, 2.45) is 11.7 Å². The van der Waals surface area contributed by atoms with E-state index in [2.05, 4.69) is 41.1 Å². The number of ether oxygens (including phenoxy) is 1. The molecule has 224 valence electrons. The highest BCUT2D eigenvalue weighted by Crippen LogP contribution is 2.45. The number of amides is 2. The number of aromatic nitrogens is 2. The summed E-state index contributed by atoms with van der Waals surface area (Å²) >= 11 is 1.71. The summed E-state index contributed by atoms with van der Waals surface area (Å²) in [5, 5.41) is 5.06. The number of fused-ring (bicyclic) bond motifs is 3. The Labute approximate surface area is 259 Å². The lowest BCUT2D eigenvalue weighted by Gasteiger charge is -2.30. The zero-order chi connectivity index (χ0) is 30.1. The maximum Gasteiger partial charge on any atom is 0.254 e. The molecule has 8 rings (SSSR count). The number of likely N-dealkylation sites (tertiary alicyclic amines) is 1. The molecule has 0 spiro atoms. The lowest BCUT2D eigenvalue weighted by molar-refractivity contribution is 0.0708. The van der Waals surface area contributed by atoms with E-state index in [0.717, 1.165) is 86.4 Å². The van der Waals surface area contributed by atoms with Crippen LogP contribution in [0.4, 0.5) is 0 Å². The molecular weight excluding hydrogens is 570 g/mol. The van der Waals surface area contributed by atoms with Gasteiger partial charge in [-0.15, -0.1) is 11.3 Å². The maximum absolute atomic E-state index is 13.5. The Morgan fingerprint density at radius 2 is 2.00 bits per heavy atom. The van der Waals surface area contributed by atoms with E-state index >= 15 is 0 Å². The number of hydrogen-bond donors (Lipinski definition) is 2. The minimum Gasteiger partial charge on any atom is -0.496 e. The number of carbonyl (C=O) groups excluding carboxylic acids is 2. The van der Waals surface area contributed by atoms with Gasteiger partial charge in [0.25, 0.3) is 11.8 Å². The van der Waals surface area contributed by atoms with Crippen molar-refractivity contribution in [2.45, 2.75) is 51.7 Å². The third-order valence-corrected chi connectivity index (χ3v) is 10.7. The molecule has 5 aromatic rings. The van der Waals surface area contributed by atoms with Crippen LogP contribution in [-0.4, -0.2) is 52.5 Å². The van der Waals surface area contributed by atoms with Crippen LogP contribution in [0.15, 0.2) is 48.5 Å². The largest absolute Gasteiger partial charge is 0.496 e. The monoisotopic (exact) mass is 605 g/mol. The molecule has 9 heteroatoms. The van der Waals surface area contributed by atoms with E-state index in [9.17, 15) is 9.59 Å². The molecule has 5 heterocycles. The zero-order valence-corrected chi connectivity index (χ0v) is 25.8. The van der Waals surface area contributed by atoms with E-state index in [1.165, 1.54) is 17.7 Å². The molecule has 0 bridgehead atoms. The van der Waals surface area contributed by atoms with Gasteiger partial charge in [0.05, 0.1) is 23.4 Å². The van der Waals surface area contributed by atoms with Crippen molar-refractivity contribution in [2.75, 3.05) is 20.2 Å². The van der Waals surface area contributed by atoms with Crippen LogP contribution in [-0.2, 0) is 13.1 Å². The van der Waals surface area contributed by atoms with Crippen molar-refractivity contribution in [3.05, 3.63) is 70.8 Å². The molecule has 2 aliphatic heterocycles. The quantitative estimate of drug-likeness (QED) is 0.243. The van der Waals surface area contributed by atoms with Crippen molar-refractivity contribution in [3.8, 4) is 27.6 Å². The molecule has 1 saturated carbocycles. The Balaban J connectivity index is 1.23. The highest BCUT2D eigenvalue weighted by molar-refractivity contribution is 7.22. The fraction of sp³-hybridized carbons (Fsp3) is 0.343. The molecule has 1 saturated heterocycles. The van der Waals surface area contributed by atoms with Crippen LogP contribution in [0.1, 0.15) is 57.5 Å². The van der Waals surface area contributed by atoms with E-state index in [1.807, 2.05) is 29.2 Å². The molecule has 0 unspecified atom stereocenters. The van der Waals surface area contributed by atoms with Crippen LogP contribution in [0, 0.1) is 12.8 Å². The van der Waals surface area contributed by atoms with Crippen LogP contribution in [0.3, 0.4) is 0 Å². The second-order valence-electron chi connectivity index (χ2n) is 12.5. The van der Waals surface area contributed by atoms with Crippen molar-refractivity contribution in [1.82, 2.24) is 19.8 Å². The summed E-state index contributed by atoms with van der Waals surface area (Å²) in [6.45, 7) is 4.95. The standard InChI is InChI=1S/C35H35N5O3S/c1-19-31-29(43-2)14-23(35(42)39-11-3-4-25(36)18-39)15-30(31)44-32(19)28-13-22-8-10-27(38-33(22)40(28)17-20-5-6-20)21-7-9-26-24(12-21)16-37-34(26)41/h7-10,12-15,20,25H,3-6,11,16-18,36H2,1-2H3,(H,37,41)/t25-/m1/s1. The number of methoxy groups -OCH3 is 1. The molecule has 0 radical (unpaired) electrons. The van der Waals surface area contributed by atoms with E-state index in [-0.39, 0.29) is 17.9 Å². The third kappa shape index (κ3) is 4.57. The lowest BCUT2D eigenvalue weighted by atomic mass is 10.0. The number of piperidine rings is 1. The fourth-order valence-electron chi connectivity index (χ4n) is 6.86. The Bertz CT molecular complexity index is 1990. The molecule has 1 aliphatic carbocycles. The van der Waals surface area contributed by atoms with Gasteiger partial charge in [0, 0.05) is 64.4 Å². The molecule has 3 N–H and O–H groups in total. The first-order valence-electron chi connectivity index (χ1n) is 15.5. The van der Waals surface area contributed by atoms with Crippen LogP contribution >= 0.6 is 11.3 Å². The molecule has 3 aromatic heterocycles. The minimum absolute atomic E-state index is 0.0132. The molecular formula is C35H35N5O3S. The van der Waals surface area contributed by atoms with Gasteiger partial charge >= 0.3 is 0 Å². The summed E-state index contributed by atoms with van der Waals surface area (Å²) in [5.41, 5.74) is 13.8. The minimum atomic E-state index is -0.0135. The van der Waals surface area contributed by atoms with Crippen LogP contribution in [0.2, 0.25) is 0 Å². The number of nitrogens with one attached hydrogen (secondary N) is 1. The number of carbonyl (C=O) groups is 2. The molecule has 2 aromatic carbocycles. The molecule has 2 fully saturated rings. The summed E-state index contributed by atoms with van der Waals surface area (Å²) < 4.78 is 9.32.